The SMILES string of the molecule is O=C1Nc2ccccc2NC1Cc1cccs1. The van der Waals surface area contributed by atoms with Crippen LogP contribution < -0.4 is 10.6 Å². The summed E-state index contributed by atoms with van der Waals surface area (Å²) in [7, 11) is 0. The Bertz CT molecular complexity index is 536. The van der Waals surface area contributed by atoms with Crippen LogP contribution in [0.15, 0.2) is 41.8 Å². The molecule has 1 unspecified atom stereocenters. The lowest BCUT2D eigenvalue weighted by atomic mass is 10.1. The maximum atomic E-state index is 11.9. The number of fused-ring (bicyclic) bond motifs is 1. The summed E-state index contributed by atoms with van der Waals surface area (Å²) in [5, 5.41) is 8.24. The van der Waals surface area contributed by atoms with Crippen LogP contribution in [-0.4, -0.2) is 11.9 Å². The Morgan fingerprint density at radius 1 is 1.12 bits per heavy atom. The predicted molar refractivity (Wildman–Crippen MR) is 70.5 cm³/mol. The molecular formula is C13H12N2OS. The topological polar surface area (TPSA) is 41.1 Å². The largest absolute Gasteiger partial charge is 0.372 e. The lowest BCUT2D eigenvalue weighted by Crippen LogP contribution is -2.40. The number of para-hydroxylation sites is 2. The molecule has 3 rings (SSSR count). The van der Waals surface area contributed by atoms with Crippen LogP contribution in [0.5, 0.6) is 0 Å². The average molecular weight is 244 g/mol. The summed E-state index contributed by atoms with van der Waals surface area (Å²) in [6.07, 6.45) is 0.734. The number of nitrogens with one attached hydrogen (secondary N) is 2. The zero-order valence-corrected chi connectivity index (χ0v) is 9.96. The van der Waals surface area contributed by atoms with E-state index in [4.69, 9.17) is 0 Å². The van der Waals surface area contributed by atoms with Crippen molar-refractivity contribution in [3.8, 4) is 0 Å². The number of carbonyl (C=O) groups is 1. The van der Waals surface area contributed by atoms with Gasteiger partial charge in [-0.2, -0.15) is 0 Å². The molecule has 2 N–H and O–H groups in total. The lowest BCUT2D eigenvalue weighted by molar-refractivity contribution is -0.117. The van der Waals surface area contributed by atoms with Crippen LogP contribution in [0.1, 0.15) is 4.88 Å². The molecule has 1 aromatic carbocycles. The molecule has 2 heterocycles. The van der Waals surface area contributed by atoms with E-state index in [2.05, 4.69) is 16.7 Å². The van der Waals surface area contributed by atoms with Crippen molar-refractivity contribution in [1.29, 1.82) is 0 Å². The van der Waals surface area contributed by atoms with E-state index in [0.29, 0.717) is 0 Å². The van der Waals surface area contributed by atoms with Crippen molar-refractivity contribution in [2.75, 3.05) is 10.6 Å². The van der Waals surface area contributed by atoms with E-state index < -0.39 is 0 Å². The second-order valence-electron chi connectivity index (χ2n) is 4.02. The van der Waals surface area contributed by atoms with Crippen LogP contribution in [0.4, 0.5) is 11.4 Å². The molecule has 86 valence electrons. The second kappa shape index (κ2) is 4.22. The maximum Gasteiger partial charge on any atom is 0.247 e. The Balaban J connectivity index is 1.82. The number of thiophene rings is 1. The van der Waals surface area contributed by atoms with Crippen molar-refractivity contribution >= 4 is 28.6 Å². The predicted octanol–water partition coefficient (Wildman–Crippen LogP) is 2.72. The summed E-state index contributed by atoms with van der Waals surface area (Å²) in [6, 6.07) is 11.7. The van der Waals surface area contributed by atoms with Gasteiger partial charge in [-0.3, -0.25) is 4.79 Å². The number of hydrogen-bond acceptors (Lipinski definition) is 3. The monoisotopic (exact) mass is 244 g/mol. The molecule has 0 fully saturated rings. The first-order valence-electron chi connectivity index (χ1n) is 5.52. The number of hydrogen-bond donors (Lipinski definition) is 2. The molecule has 1 aliphatic rings. The van der Waals surface area contributed by atoms with Gasteiger partial charge in [-0.25, -0.2) is 0 Å². The van der Waals surface area contributed by atoms with Crippen molar-refractivity contribution < 1.29 is 4.79 Å². The average Bonchev–Trinajstić information content (AvgIpc) is 2.83. The van der Waals surface area contributed by atoms with Crippen LogP contribution in [0.3, 0.4) is 0 Å². The highest BCUT2D eigenvalue weighted by atomic mass is 32.1. The van der Waals surface area contributed by atoms with Gasteiger partial charge in [0.1, 0.15) is 6.04 Å². The van der Waals surface area contributed by atoms with Crippen LogP contribution in [0, 0.1) is 0 Å². The summed E-state index contributed by atoms with van der Waals surface area (Å²) >= 11 is 1.68. The summed E-state index contributed by atoms with van der Waals surface area (Å²) < 4.78 is 0. The Morgan fingerprint density at radius 3 is 2.71 bits per heavy atom. The Morgan fingerprint density at radius 2 is 1.94 bits per heavy atom. The molecule has 0 saturated heterocycles. The van der Waals surface area contributed by atoms with Gasteiger partial charge in [0.25, 0.3) is 0 Å². The summed E-state index contributed by atoms with van der Waals surface area (Å²) in [6.45, 7) is 0. The van der Waals surface area contributed by atoms with E-state index in [0.717, 1.165) is 17.8 Å². The minimum Gasteiger partial charge on any atom is -0.372 e. The van der Waals surface area contributed by atoms with Gasteiger partial charge >= 0.3 is 0 Å². The van der Waals surface area contributed by atoms with Crippen molar-refractivity contribution in [3.63, 3.8) is 0 Å². The first kappa shape index (κ1) is 10.4. The quantitative estimate of drug-likeness (QED) is 0.852. The molecule has 0 spiro atoms. The van der Waals surface area contributed by atoms with Gasteiger partial charge in [-0.15, -0.1) is 11.3 Å². The van der Waals surface area contributed by atoms with E-state index in [-0.39, 0.29) is 11.9 Å². The zero-order chi connectivity index (χ0) is 11.7. The second-order valence-corrected chi connectivity index (χ2v) is 5.05. The Kier molecular flexibility index (Phi) is 2.57. The molecule has 1 aromatic heterocycles. The summed E-state index contributed by atoms with van der Waals surface area (Å²) in [5.74, 6) is 0.0390. The van der Waals surface area contributed by atoms with Gasteiger partial charge in [0, 0.05) is 11.3 Å². The molecular weight excluding hydrogens is 232 g/mol. The van der Waals surface area contributed by atoms with Gasteiger partial charge in [-0.1, -0.05) is 18.2 Å². The number of benzene rings is 1. The minimum atomic E-state index is -0.177. The standard InChI is InChI=1S/C13H12N2OS/c16-13-12(8-9-4-3-7-17-9)14-10-5-1-2-6-11(10)15-13/h1-7,12,14H,8H2,(H,15,16). The van der Waals surface area contributed by atoms with Crippen molar-refractivity contribution in [1.82, 2.24) is 0 Å². The number of amides is 1. The van der Waals surface area contributed by atoms with E-state index in [1.54, 1.807) is 11.3 Å². The molecule has 0 bridgehead atoms. The fourth-order valence-corrected chi connectivity index (χ4v) is 2.72. The third kappa shape index (κ3) is 2.03. The first-order valence-corrected chi connectivity index (χ1v) is 6.40. The van der Waals surface area contributed by atoms with Gasteiger partial charge in [0.2, 0.25) is 5.91 Å². The molecule has 0 aliphatic carbocycles. The molecule has 1 amide bonds. The van der Waals surface area contributed by atoms with Crippen molar-refractivity contribution in [2.24, 2.45) is 0 Å². The molecule has 3 nitrogen and oxygen atoms in total. The van der Waals surface area contributed by atoms with Gasteiger partial charge in [0.05, 0.1) is 11.4 Å². The molecule has 4 heteroatoms. The van der Waals surface area contributed by atoms with Crippen molar-refractivity contribution in [2.45, 2.75) is 12.5 Å². The zero-order valence-electron chi connectivity index (χ0n) is 9.14. The minimum absolute atomic E-state index is 0.0390. The molecule has 1 aliphatic heterocycles. The smallest absolute Gasteiger partial charge is 0.247 e. The maximum absolute atomic E-state index is 11.9. The number of anilines is 2. The Labute approximate surface area is 103 Å². The Hall–Kier alpha value is -1.81. The molecule has 2 aromatic rings. The number of carbonyl (C=O) groups excluding carboxylic acids is 1. The van der Waals surface area contributed by atoms with Crippen LogP contribution in [-0.2, 0) is 11.2 Å². The first-order chi connectivity index (χ1) is 8.33. The highest BCUT2D eigenvalue weighted by Gasteiger charge is 2.25. The molecule has 0 saturated carbocycles. The third-order valence-electron chi connectivity index (χ3n) is 2.82. The van der Waals surface area contributed by atoms with E-state index in [9.17, 15) is 4.79 Å². The normalized spacial score (nSPS) is 18.1. The van der Waals surface area contributed by atoms with Crippen LogP contribution >= 0.6 is 11.3 Å². The summed E-state index contributed by atoms with van der Waals surface area (Å²) in [4.78, 5) is 13.1. The van der Waals surface area contributed by atoms with Gasteiger partial charge in [0.15, 0.2) is 0 Å². The lowest BCUT2D eigenvalue weighted by Gasteiger charge is -2.26. The molecule has 0 radical (unpaired) electrons. The van der Waals surface area contributed by atoms with Gasteiger partial charge in [-0.05, 0) is 23.6 Å². The summed E-state index contributed by atoms with van der Waals surface area (Å²) in [5.41, 5.74) is 1.86. The highest BCUT2D eigenvalue weighted by Crippen LogP contribution is 2.27. The van der Waals surface area contributed by atoms with Crippen molar-refractivity contribution in [3.05, 3.63) is 46.7 Å². The highest BCUT2D eigenvalue weighted by molar-refractivity contribution is 7.09. The number of rotatable bonds is 2. The van der Waals surface area contributed by atoms with E-state index in [1.807, 2.05) is 35.7 Å². The van der Waals surface area contributed by atoms with Crippen LogP contribution in [0.25, 0.3) is 0 Å². The molecule has 1 atom stereocenters. The molecule has 17 heavy (non-hydrogen) atoms. The third-order valence-corrected chi connectivity index (χ3v) is 3.72. The fourth-order valence-electron chi connectivity index (χ4n) is 1.96. The van der Waals surface area contributed by atoms with Crippen LogP contribution in [0.2, 0.25) is 0 Å². The van der Waals surface area contributed by atoms with Gasteiger partial charge < -0.3 is 10.6 Å². The van der Waals surface area contributed by atoms with E-state index in [1.165, 1.54) is 4.88 Å². The van der Waals surface area contributed by atoms with E-state index >= 15 is 0 Å². The fraction of sp³-hybridized carbons (Fsp3) is 0.154.